The maximum atomic E-state index is 14.3. The van der Waals surface area contributed by atoms with Gasteiger partial charge in [-0.15, -0.1) is 0 Å². The van der Waals surface area contributed by atoms with E-state index < -0.39 is 11.2 Å². The molecular weight excluding hydrogens is 442 g/mol. The molecule has 0 saturated heterocycles. The summed E-state index contributed by atoms with van der Waals surface area (Å²) in [5.74, 6) is -0.230. The summed E-state index contributed by atoms with van der Waals surface area (Å²) in [5.41, 5.74) is 2.16. The number of nitrogens with zero attached hydrogens (tertiary/aromatic N) is 4. The van der Waals surface area contributed by atoms with Gasteiger partial charge in [0.15, 0.2) is 5.65 Å². The molecule has 1 aliphatic heterocycles. The van der Waals surface area contributed by atoms with Gasteiger partial charge in [0.25, 0.3) is 11.5 Å². The number of carbonyl (C=O) groups is 1. The first-order valence-corrected chi connectivity index (χ1v) is 12.1. The Labute approximate surface area is 202 Å². The van der Waals surface area contributed by atoms with Crippen molar-refractivity contribution in [3.8, 4) is 0 Å². The second-order valence-electron chi connectivity index (χ2n) is 9.30. The zero-order chi connectivity index (χ0) is 24.7. The van der Waals surface area contributed by atoms with Crippen molar-refractivity contribution in [3.63, 3.8) is 0 Å². The van der Waals surface area contributed by atoms with Crippen LogP contribution >= 0.6 is 0 Å². The van der Waals surface area contributed by atoms with E-state index in [0.29, 0.717) is 31.7 Å². The van der Waals surface area contributed by atoms with Crippen LogP contribution in [0.5, 0.6) is 0 Å². The molecule has 3 aromatic heterocycles. The van der Waals surface area contributed by atoms with Crippen molar-refractivity contribution in [2.24, 2.45) is 0 Å². The van der Waals surface area contributed by atoms with Gasteiger partial charge in [0, 0.05) is 37.2 Å². The number of amides is 1. The molecule has 0 fully saturated rings. The number of fused-ring (bicyclic) bond motifs is 2. The van der Waals surface area contributed by atoms with Crippen molar-refractivity contribution in [1.29, 1.82) is 0 Å². The second kappa shape index (κ2) is 9.02. The van der Waals surface area contributed by atoms with E-state index in [1.54, 1.807) is 6.07 Å². The SMILES string of the molecule is CCCn1c(=O)[nH]c(=O)c2c(C(=O)N3CCn4cccc4C3c3ccccc3)cc(C(C)C)nc21. The number of aromatic amines is 1. The van der Waals surface area contributed by atoms with Crippen molar-refractivity contribution in [1.82, 2.24) is 24.0 Å². The smallest absolute Gasteiger partial charge is 0.329 e. The molecule has 8 nitrogen and oxygen atoms in total. The van der Waals surface area contributed by atoms with E-state index in [9.17, 15) is 14.4 Å². The van der Waals surface area contributed by atoms with Crippen LogP contribution in [0.3, 0.4) is 0 Å². The quantitative estimate of drug-likeness (QED) is 0.481. The predicted molar refractivity (Wildman–Crippen MR) is 135 cm³/mol. The number of hydrogen-bond acceptors (Lipinski definition) is 4. The van der Waals surface area contributed by atoms with E-state index in [-0.39, 0.29) is 34.5 Å². The summed E-state index contributed by atoms with van der Waals surface area (Å²) < 4.78 is 3.63. The van der Waals surface area contributed by atoms with Gasteiger partial charge in [-0.25, -0.2) is 9.78 Å². The summed E-state index contributed by atoms with van der Waals surface area (Å²) in [6.07, 6.45) is 2.72. The number of nitrogens with one attached hydrogen (secondary N) is 1. The molecule has 1 aromatic carbocycles. The van der Waals surface area contributed by atoms with Gasteiger partial charge in [0.2, 0.25) is 0 Å². The van der Waals surface area contributed by atoms with Crippen LogP contribution in [0.4, 0.5) is 0 Å². The summed E-state index contributed by atoms with van der Waals surface area (Å²) in [5, 5.41) is 0.167. The van der Waals surface area contributed by atoms with Gasteiger partial charge in [0.05, 0.1) is 17.0 Å². The lowest BCUT2D eigenvalue weighted by atomic mass is 9.97. The number of aryl methyl sites for hydroxylation is 1. The number of pyridine rings is 1. The van der Waals surface area contributed by atoms with Crippen LogP contribution in [0.15, 0.2) is 64.3 Å². The molecule has 1 N–H and O–H groups in total. The van der Waals surface area contributed by atoms with Crippen LogP contribution in [-0.4, -0.2) is 36.5 Å². The van der Waals surface area contributed by atoms with Gasteiger partial charge in [-0.1, -0.05) is 51.1 Å². The summed E-state index contributed by atoms with van der Waals surface area (Å²) in [6.45, 7) is 7.48. The highest BCUT2D eigenvalue weighted by molar-refractivity contribution is 6.05. The van der Waals surface area contributed by atoms with Gasteiger partial charge in [-0.3, -0.25) is 19.1 Å². The molecule has 1 unspecified atom stereocenters. The molecule has 0 spiro atoms. The van der Waals surface area contributed by atoms with Crippen LogP contribution in [0, 0.1) is 0 Å². The first-order chi connectivity index (χ1) is 16.9. The minimum absolute atomic E-state index is 0.0129. The molecule has 0 bridgehead atoms. The topological polar surface area (TPSA) is 93.0 Å². The highest BCUT2D eigenvalue weighted by atomic mass is 16.2. The Morgan fingerprint density at radius 3 is 2.60 bits per heavy atom. The van der Waals surface area contributed by atoms with E-state index in [4.69, 9.17) is 0 Å². The number of H-pyrrole nitrogens is 1. The van der Waals surface area contributed by atoms with Gasteiger partial charge >= 0.3 is 5.69 Å². The average Bonchev–Trinajstić information content (AvgIpc) is 3.34. The van der Waals surface area contributed by atoms with Gasteiger partial charge in [-0.05, 0) is 36.1 Å². The Hall–Kier alpha value is -3.94. The lowest BCUT2D eigenvalue weighted by Crippen LogP contribution is -2.43. The Balaban J connectivity index is 1.74. The van der Waals surface area contributed by atoms with Crippen molar-refractivity contribution < 1.29 is 4.79 Å². The minimum atomic E-state index is -0.583. The largest absolute Gasteiger partial charge is 0.348 e. The molecule has 4 heterocycles. The zero-order valence-electron chi connectivity index (χ0n) is 20.2. The normalized spacial score (nSPS) is 15.5. The van der Waals surface area contributed by atoms with Crippen LogP contribution in [-0.2, 0) is 13.1 Å². The van der Waals surface area contributed by atoms with Crippen molar-refractivity contribution in [2.45, 2.75) is 52.2 Å². The van der Waals surface area contributed by atoms with Gasteiger partial charge < -0.3 is 9.47 Å². The third-order valence-electron chi connectivity index (χ3n) is 6.65. The molecule has 0 radical (unpaired) electrons. The minimum Gasteiger partial charge on any atom is -0.348 e. The molecule has 4 aromatic rings. The van der Waals surface area contributed by atoms with Crippen molar-refractivity contribution >= 4 is 16.9 Å². The number of aromatic nitrogens is 4. The fourth-order valence-corrected chi connectivity index (χ4v) is 4.93. The van der Waals surface area contributed by atoms with Crippen LogP contribution in [0.25, 0.3) is 11.0 Å². The summed E-state index contributed by atoms with van der Waals surface area (Å²) in [7, 11) is 0. The Bertz CT molecular complexity index is 1510. The van der Waals surface area contributed by atoms with E-state index in [1.807, 2.05) is 74.3 Å². The van der Waals surface area contributed by atoms with E-state index in [1.165, 1.54) is 4.57 Å². The molecule has 8 heteroatoms. The fourth-order valence-electron chi connectivity index (χ4n) is 4.93. The predicted octanol–water partition coefficient (Wildman–Crippen LogP) is 3.67. The number of carbonyl (C=O) groups excluding carboxylic acids is 1. The third kappa shape index (κ3) is 3.88. The van der Waals surface area contributed by atoms with E-state index in [0.717, 1.165) is 11.3 Å². The van der Waals surface area contributed by atoms with Crippen molar-refractivity contribution in [3.05, 3.63) is 98.1 Å². The third-order valence-corrected chi connectivity index (χ3v) is 6.65. The highest BCUT2D eigenvalue weighted by Crippen LogP contribution is 2.34. The maximum absolute atomic E-state index is 14.3. The Morgan fingerprint density at radius 1 is 1.11 bits per heavy atom. The molecule has 0 saturated carbocycles. The lowest BCUT2D eigenvalue weighted by molar-refractivity contribution is 0.0665. The molecule has 1 atom stereocenters. The lowest BCUT2D eigenvalue weighted by Gasteiger charge is -2.37. The molecule has 1 amide bonds. The summed E-state index contributed by atoms with van der Waals surface area (Å²) in [6, 6.07) is 15.4. The van der Waals surface area contributed by atoms with Crippen LogP contribution < -0.4 is 11.2 Å². The monoisotopic (exact) mass is 471 g/mol. The highest BCUT2D eigenvalue weighted by Gasteiger charge is 2.34. The maximum Gasteiger partial charge on any atom is 0.329 e. The van der Waals surface area contributed by atoms with Crippen LogP contribution in [0.1, 0.15) is 66.5 Å². The summed E-state index contributed by atoms with van der Waals surface area (Å²) in [4.78, 5) is 48.9. The number of benzene rings is 1. The molecular formula is C27H29N5O3. The van der Waals surface area contributed by atoms with Crippen LogP contribution in [0.2, 0.25) is 0 Å². The standard InChI is InChI=1S/C27H29N5O3/c1-4-12-32-24-22(25(33)29-27(32)35)19(16-20(28-24)17(2)3)26(34)31-15-14-30-13-8-11-21(30)23(31)18-9-6-5-7-10-18/h5-11,13,16-17,23H,4,12,14-15H2,1-3H3,(H,29,33,35). The first-order valence-electron chi connectivity index (χ1n) is 12.1. The average molecular weight is 472 g/mol. The molecule has 0 aliphatic carbocycles. The first kappa shape index (κ1) is 22.8. The molecule has 1 aliphatic rings. The van der Waals surface area contributed by atoms with Crippen molar-refractivity contribution in [2.75, 3.05) is 6.54 Å². The summed E-state index contributed by atoms with van der Waals surface area (Å²) >= 11 is 0. The fraction of sp³-hybridized carbons (Fsp3) is 0.333. The molecule has 180 valence electrons. The van der Waals surface area contributed by atoms with E-state index in [2.05, 4.69) is 14.5 Å². The van der Waals surface area contributed by atoms with Gasteiger partial charge in [0.1, 0.15) is 0 Å². The second-order valence-corrected chi connectivity index (χ2v) is 9.30. The number of rotatable bonds is 5. The molecule has 35 heavy (non-hydrogen) atoms. The number of hydrogen-bond donors (Lipinski definition) is 1. The Morgan fingerprint density at radius 2 is 1.89 bits per heavy atom. The van der Waals surface area contributed by atoms with E-state index >= 15 is 0 Å². The zero-order valence-corrected chi connectivity index (χ0v) is 20.2. The van der Waals surface area contributed by atoms with Gasteiger partial charge in [-0.2, -0.15) is 0 Å². The Kier molecular flexibility index (Phi) is 5.88. The molecule has 5 rings (SSSR count).